The maximum Gasteiger partial charge on any atom is 0.407 e. The van der Waals surface area contributed by atoms with Crippen LogP contribution in [0.5, 0.6) is 0 Å². The van der Waals surface area contributed by atoms with E-state index in [2.05, 4.69) is 29.3 Å². The van der Waals surface area contributed by atoms with Gasteiger partial charge in [0.25, 0.3) is 0 Å². The molecule has 0 saturated heterocycles. The zero-order chi connectivity index (χ0) is 25.4. The number of carbonyl (C=O) groups excluding carboxylic acids is 2. The van der Waals surface area contributed by atoms with Crippen LogP contribution in [0, 0.1) is 0 Å². The normalized spacial score (nSPS) is 13.5. The van der Waals surface area contributed by atoms with Crippen molar-refractivity contribution in [3.8, 4) is 11.1 Å². The van der Waals surface area contributed by atoms with E-state index in [0.29, 0.717) is 6.42 Å². The van der Waals surface area contributed by atoms with Crippen molar-refractivity contribution in [3.63, 3.8) is 0 Å². The number of carbonyl (C=O) groups is 3. The molecule has 2 amide bonds. The lowest BCUT2D eigenvalue weighted by Crippen LogP contribution is -2.51. The van der Waals surface area contributed by atoms with E-state index in [9.17, 15) is 19.5 Å². The first-order chi connectivity index (χ1) is 16.8. The van der Waals surface area contributed by atoms with Gasteiger partial charge in [-0.15, -0.1) is 6.58 Å². The van der Waals surface area contributed by atoms with E-state index in [0.717, 1.165) is 27.8 Å². The number of carboxylic acid groups (broad SMARTS) is 1. The molecule has 0 spiro atoms. The molecule has 184 valence electrons. The predicted octanol–water partition coefficient (Wildman–Crippen LogP) is 4.79. The van der Waals surface area contributed by atoms with Gasteiger partial charge < -0.3 is 20.5 Å². The first-order valence-corrected chi connectivity index (χ1v) is 11.7. The van der Waals surface area contributed by atoms with E-state index in [-0.39, 0.29) is 25.4 Å². The maximum atomic E-state index is 12.9. The second-order valence-corrected chi connectivity index (χ2v) is 8.81. The van der Waals surface area contributed by atoms with Gasteiger partial charge in [-0.25, -0.2) is 9.59 Å². The van der Waals surface area contributed by atoms with E-state index >= 15 is 0 Å². The smallest absolute Gasteiger partial charge is 0.407 e. The van der Waals surface area contributed by atoms with Crippen molar-refractivity contribution in [3.05, 3.63) is 84.0 Å². The van der Waals surface area contributed by atoms with Crippen LogP contribution >= 0.6 is 0 Å². The Bertz CT molecular complexity index is 1070. The van der Waals surface area contributed by atoms with Gasteiger partial charge in [0.1, 0.15) is 18.7 Å². The van der Waals surface area contributed by atoms with Gasteiger partial charge in [-0.2, -0.15) is 0 Å². The summed E-state index contributed by atoms with van der Waals surface area (Å²) in [6, 6.07) is 14.0. The number of rotatable bonds is 11. The monoisotopic (exact) mass is 476 g/mol. The van der Waals surface area contributed by atoms with E-state index in [1.165, 1.54) is 0 Å². The van der Waals surface area contributed by atoms with E-state index < -0.39 is 30.1 Å². The SMILES string of the molecule is C=CCCC(NC(=O)C(CC=C(C)C)NC(=O)OCC1c2ccccc2-c2ccccc21)C(=O)O. The van der Waals surface area contributed by atoms with E-state index in [1.807, 2.05) is 56.3 Å². The number of alkyl carbamates (subject to hydrolysis) is 1. The summed E-state index contributed by atoms with van der Waals surface area (Å²) in [5.74, 6) is -1.82. The summed E-state index contributed by atoms with van der Waals surface area (Å²) in [7, 11) is 0. The van der Waals surface area contributed by atoms with Crippen LogP contribution in [0.2, 0.25) is 0 Å². The van der Waals surface area contributed by atoms with Gasteiger partial charge in [0.05, 0.1) is 0 Å². The van der Waals surface area contributed by atoms with Crippen LogP contribution in [-0.4, -0.2) is 41.8 Å². The van der Waals surface area contributed by atoms with Gasteiger partial charge in [0.2, 0.25) is 5.91 Å². The molecule has 2 aromatic carbocycles. The average molecular weight is 477 g/mol. The number of allylic oxidation sites excluding steroid dienone is 2. The molecule has 0 heterocycles. The molecule has 3 N–H and O–H groups in total. The quantitative estimate of drug-likeness (QED) is 0.405. The molecule has 35 heavy (non-hydrogen) atoms. The number of hydrogen-bond acceptors (Lipinski definition) is 4. The van der Waals surface area contributed by atoms with Crippen LogP contribution in [0.15, 0.2) is 72.8 Å². The Morgan fingerprint density at radius 1 is 1.00 bits per heavy atom. The second-order valence-electron chi connectivity index (χ2n) is 8.81. The molecular weight excluding hydrogens is 444 g/mol. The lowest BCUT2D eigenvalue weighted by Gasteiger charge is -2.21. The fourth-order valence-corrected chi connectivity index (χ4v) is 4.18. The lowest BCUT2D eigenvalue weighted by atomic mass is 9.98. The third-order valence-corrected chi connectivity index (χ3v) is 5.99. The van der Waals surface area contributed by atoms with Gasteiger partial charge in [-0.1, -0.05) is 66.3 Å². The minimum absolute atomic E-state index is 0.103. The highest BCUT2D eigenvalue weighted by Gasteiger charge is 2.30. The average Bonchev–Trinajstić information content (AvgIpc) is 3.16. The highest BCUT2D eigenvalue weighted by Crippen LogP contribution is 2.44. The van der Waals surface area contributed by atoms with Gasteiger partial charge in [0, 0.05) is 5.92 Å². The summed E-state index contributed by atoms with van der Waals surface area (Å²) in [4.78, 5) is 37.1. The fraction of sp³-hybridized carbons (Fsp3) is 0.321. The molecule has 0 aliphatic heterocycles. The standard InChI is InChI=1S/C28H32N2O5/c1-4-5-14-25(27(32)33)29-26(31)24(16-15-18(2)3)30-28(34)35-17-23-21-12-8-6-10-19(21)20-11-7-9-13-22(20)23/h4,6-13,15,23-25H,1,5,14,16-17H2,2-3H3,(H,29,31)(H,30,34)(H,32,33). The molecule has 0 radical (unpaired) electrons. The number of carboxylic acids is 1. The summed E-state index contributed by atoms with van der Waals surface area (Å²) in [5, 5.41) is 14.6. The van der Waals surface area contributed by atoms with Crippen molar-refractivity contribution < 1.29 is 24.2 Å². The van der Waals surface area contributed by atoms with Crippen molar-refractivity contribution in [2.75, 3.05) is 6.61 Å². The summed E-state index contributed by atoms with van der Waals surface area (Å²) in [6.45, 7) is 7.47. The van der Waals surface area contributed by atoms with Gasteiger partial charge in [0.15, 0.2) is 0 Å². The molecule has 3 rings (SSSR count). The number of aliphatic carboxylic acids is 1. The zero-order valence-corrected chi connectivity index (χ0v) is 20.1. The maximum absolute atomic E-state index is 12.9. The van der Waals surface area contributed by atoms with E-state index in [4.69, 9.17) is 4.74 Å². The second kappa shape index (κ2) is 12.0. The summed E-state index contributed by atoms with van der Waals surface area (Å²) >= 11 is 0. The third-order valence-electron chi connectivity index (χ3n) is 5.99. The Hall–Kier alpha value is -3.87. The Kier molecular flexibility index (Phi) is 8.84. The van der Waals surface area contributed by atoms with E-state index in [1.54, 1.807) is 6.08 Å². The first kappa shape index (κ1) is 25.7. The molecule has 2 atom stereocenters. The minimum atomic E-state index is -1.14. The van der Waals surface area contributed by atoms with Crippen LogP contribution in [0.3, 0.4) is 0 Å². The number of amides is 2. The fourth-order valence-electron chi connectivity index (χ4n) is 4.18. The Labute approximate surface area is 205 Å². The van der Waals surface area contributed by atoms with Crippen molar-refractivity contribution in [2.24, 2.45) is 0 Å². The highest BCUT2D eigenvalue weighted by molar-refractivity contribution is 5.89. The topological polar surface area (TPSA) is 105 Å². The number of benzene rings is 2. The molecule has 7 heteroatoms. The van der Waals surface area contributed by atoms with Gasteiger partial charge >= 0.3 is 12.1 Å². The summed E-state index contributed by atoms with van der Waals surface area (Å²) < 4.78 is 5.56. The summed E-state index contributed by atoms with van der Waals surface area (Å²) in [6.07, 6.45) is 3.55. The first-order valence-electron chi connectivity index (χ1n) is 11.7. The Morgan fingerprint density at radius 2 is 1.60 bits per heavy atom. The molecule has 0 fully saturated rings. The molecule has 1 aliphatic carbocycles. The lowest BCUT2D eigenvalue weighted by molar-refractivity contribution is -0.142. The number of ether oxygens (including phenoxy) is 1. The van der Waals surface area contributed by atoms with Gasteiger partial charge in [-0.05, 0) is 55.4 Å². The molecule has 1 aliphatic rings. The van der Waals surface area contributed by atoms with Crippen molar-refractivity contribution >= 4 is 18.0 Å². The predicted molar refractivity (Wildman–Crippen MR) is 135 cm³/mol. The molecular formula is C28H32N2O5. The molecule has 0 aromatic heterocycles. The third kappa shape index (κ3) is 6.59. The minimum Gasteiger partial charge on any atom is -0.480 e. The zero-order valence-electron chi connectivity index (χ0n) is 20.1. The molecule has 2 aromatic rings. The molecule has 0 bridgehead atoms. The highest BCUT2D eigenvalue weighted by atomic mass is 16.5. The number of fused-ring (bicyclic) bond motifs is 3. The van der Waals surface area contributed by atoms with Crippen LogP contribution in [0.25, 0.3) is 11.1 Å². The van der Waals surface area contributed by atoms with Crippen molar-refractivity contribution in [2.45, 2.75) is 51.1 Å². The number of hydrogen-bond donors (Lipinski definition) is 3. The molecule has 2 unspecified atom stereocenters. The van der Waals surface area contributed by atoms with Crippen molar-refractivity contribution in [1.29, 1.82) is 0 Å². The van der Waals surface area contributed by atoms with Crippen molar-refractivity contribution in [1.82, 2.24) is 10.6 Å². The van der Waals surface area contributed by atoms with Crippen LogP contribution in [-0.2, 0) is 14.3 Å². The van der Waals surface area contributed by atoms with Gasteiger partial charge in [-0.3, -0.25) is 4.79 Å². The van der Waals surface area contributed by atoms with Crippen LogP contribution in [0.1, 0.15) is 50.2 Å². The van der Waals surface area contributed by atoms with Crippen LogP contribution < -0.4 is 10.6 Å². The Morgan fingerprint density at radius 3 is 2.14 bits per heavy atom. The largest absolute Gasteiger partial charge is 0.480 e. The van der Waals surface area contributed by atoms with Crippen LogP contribution in [0.4, 0.5) is 4.79 Å². The molecule has 0 saturated carbocycles. The Balaban J connectivity index is 1.68. The molecule has 7 nitrogen and oxygen atoms in total. The number of nitrogens with one attached hydrogen (secondary N) is 2. The summed E-state index contributed by atoms with van der Waals surface area (Å²) in [5.41, 5.74) is 5.39.